The van der Waals surface area contributed by atoms with Crippen LogP contribution in [0.3, 0.4) is 0 Å². The van der Waals surface area contributed by atoms with Crippen molar-refractivity contribution in [3.63, 3.8) is 0 Å². The molecule has 0 atom stereocenters. The SMILES string of the molecule is CN(Cc1ccccn1)C(N)=NC1CCCC1. The predicted octanol–water partition coefficient (Wildman–Crippen LogP) is 1.77. The number of rotatable bonds is 3. The quantitative estimate of drug-likeness (QED) is 0.638. The molecule has 0 radical (unpaired) electrons. The summed E-state index contributed by atoms with van der Waals surface area (Å²) in [6.07, 6.45) is 6.72. The Morgan fingerprint density at radius 1 is 1.47 bits per heavy atom. The van der Waals surface area contributed by atoms with Crippen LogP contribution in [0.1, 0.15) is 31.4 Å². The van der Waals surface area contributed by atoms with E-state index in [9.17, 15) is 0 Å². The number of hydrogen-bond acceptors (Lipinski definition) is 2. The van der Waals surface area contributed by atoms with E-state index in [2.05, 4.69) is 9.98 Å². The molecule has 1 aromatic rings. The van der Waals surface area contributed by atoms with Gasteiger partial charge in [0.25, 0.3) is 0 Å². The lowest BCUT2D eigenvalue weighted by Gasteiger charge is -2.18. The van der Waals surface area contributed by atoms with Crippen LogP contribution in [0.5, 0.6) is 0 Å². The Bertz CT molecular complexity index is 368. The monoisotopic (exact) mass is 232 g/mol. The van der Waals surface area contributed by atoms with Crippen LogP contribution in [0, 0.1) is 0 Å². The summed E-state index contributed by atoms with van der Waals surface area (Å²) >= 11 is 0. The number of nitrogens with two attached hydrogens (primary N) is 1. The Morgan fingerprint density at radius 2 is 2.24 bits per heavy atom. The van der Waals surface area contributed by atoms with Gasteiger partial charge in [0.15, 0.2) is 5.96 Å². The van der Waals surface area contributed by atoms with Crippen molar-refractivity contribution in [1.82, 2.24) is 9.88 Å². The minimum Gasteiger partial charge on any atom is -0.370 e. The Hall–Kier alpha value is -1.58. The molecule has 0 spiro atoms. The van der Waals surface area contributed by atoms with E-state index in [4.69, 9.17) is 5.73 Å². The van der Waals surface area contributed by atoms with Gasteiger partial charge in [-0.15, -0.1) is 0 Å². The van der Waals surface area contributed by atoms with Crippen LogP contribution in [-0.4, -0.2) is 28.9 Å². The van der Waals surface area contributed by atoms with Gasteiger partial charge in [-0.1, -0.05) is 18.9 Å². The molecule has 1 aliphatic carbocycles. The van der Waals surface area contributed by atoms with Crippen LogP contribution in [0.4, 0.5) is 0 Å². The summed E-state index contributed by atoms with van der Waals surface area (Å²) in [5.41, 5.74) is 7.01. The number of nitrogens with zero attached hydrogens (tertiary/aromatic N) is 3. The first-order chi connectivity index (χ1) is 8.25. The molecule has 1 aliphatic rings. The molecule has 2 N–H and O–H groups in total. The van der Waals surface area contributed by atoms with Gasteiger partial charge < -0.3 is 10.6 Å². The number of aliphatic imine (C=N–C) groups is 1. The van der Waals surface area contributed by atoms with Gasteiger partial charge in [-0.25, -0.2) is 4.99 Å². The molecule has 17 heavy (non-hydrogen) atoms. The molecular formula is C13H20N4. The molecule has 1 fully saturated rings. The second kappa shape index (κ2) is 5.66. The summed E-state index contributed by atoms with van der Waals surface area (Å²) in [6.45, 7) is 0.711. The highest BCUT2D eigenvalue weighted by Gasteiger charge is 2.15. The second-order valence-corrected chi connectivity index (χ2v) is 4.60. The van der Waals surface area contributed by atoms with Gasteiger partial charge in [-0.05, 0) is 25.0 Å². The molecular weight excluding hydrogens is 212 g/mol. The average molecular weight is 232 g/mol. The van der Waals surface area contributed by atoms with Crippen molar-refractivity contribution in [3.8, 4) is 0 Å². The Morgan fingerprint density at radius 3 is 2.88 bits per heavy atom. The number of pyridine rings is 1. The Balaban J connectivity index is 1.92. The van der Waals surface area contributed by atoms with Crippen molar-refractivity contribution < 1.29 is 0 Å². The predicted molar refractivity (Wildman–Crippen MR) is 69.6 cm³/mol. The minimum absolute atomic E-state index is 0.432. The zero-order valence-electron chi connectivity index (χ0n) is 10.3. The van der Waals surface area contributed by atoms with Crippen molar-refractivity contribution in [2.75, 3.05) is 7.05 Å². The summed E-state index contributed by atoms with van der Waals surface area (Å²) in [5.74, 6) is 0.627. The van der Waals surface area contributed by atoms with Gasteiger partial charge in [0, 0.05) is 13.2 Å². The highest BCUT2D eigenvalue weighted by molar-refractivity contribution is 5.77. The lowest BCUT2D eigenvalue weighted by molar-refractivity contribution is 0.479. The van der Waals surface area contributed by atoms with Crippen LogP contribution in [-0.2, 0) is 6.54 Å². The molecule has 0 unspecified atom stereocenters. The maximum Gasteiger partial charge on any atom is 0.191 e. The normalized spacial score (nSPS) is 17.4. The fourth-order valence-electron chi connectivity index (χ4n) is 2.13. The molecule has 1 heterocycles. The molecule has 1 saturated carbocycles. The van der Waals surface area contributed by atoms with E-state index in [0.717, 1.165) is 5.69 Å². The number of hydrogen-bond donors (Lipinski definition) is 1. The van der Waals surface area contributed by atoms with Crippen molar-refractivity contribution in [2.45, 2.75) is 38.3 Å². The van der Waals surface area contributed by atoms with Crippen LogP contribution in [0.2, 0.25) is 0 Å². The van der Waals surface area contributed by atoms with Crippen LogP contribution in [0.15, 0.2) is 29.4 Å². The van der Waals surface area contributed by atoms with E-state index in [1.165, 1.54) is 25.7 Å². The summed E-state index contributed by atoms with van der Waals surface area (Å²) < 4.78 is 0. The van der Waals surface area contributed by atoms with Gasteiger partial charge in [-0.2, -0.15) is 0 Å². The fourth-order valence-corrected chi connectivity index (χ4v) is 2.13. The van der Waals surface area contributed by atoms with Gasteiger partial charge in [0.05, 0.1) is 18.3 Å². The van der Waals surface area contributed by atoms with Crippen molar-refractivity contribution in [3.05, 3.63) is 30.1 Å². The standard InChI is InChI=1S/C13H20N4/c1-17(10-12-8-4-5-9-15-12)13(14)16-11-6-2-3-7-11/h4-5,8-9,11H,2-3,6-7,10H2,1H3,(H2,14,16). The topological polar surface area (TPSA) is 54.5 Å². The van der Waals surface area contributed by atoms with E-state index >= 15 is 0 Å². The molecule has 2 rings (SSSR count). The van der Waals surface area contributed by atoms with Gasteiger partial charge in [0.1, 0.15) is 0 Å². The minimum atomic E-state index is 0.432. The van der Waals surface area contributed by atoms with Crippen molar-refractivity contribution in [2.24, 2.45) is 10.7 Å². The number of aromatic nitrogens is 1. The molecule has 92 valence electrons. The summed E-state index contributed by atoms with van der Waals surface area (Å²) in [6, 6.07) is 6.33. The third kappa shape index (κ3) is 3.44. The zero-order chi connectivity index (χ0) is 12.1. The third-order valence-corrected chi connectivity index (χ3v) is 3.16. The average Bonchev–Trinajstić information content (AvgIpc) is 2.83. The van der Waals surface area contributed by atoms with Crippen LogP contribution < -0.4 is 5.73 Å². The van der Waals surface area contributed by atoms with E-state index in [0.29, 0.717) is 18.5 Å². The van der Waals surface area contributed by atoms with Crippen molar-refractivity contribution >= 4 is 5.96 Å². The highest BCUT2D eigenvalue weighted by atomic mass is 15.2. The lowest BCUT2D eigenvalue weighted by atomic mass is 10.3. The lowest BCUT2D eigenvalue weighted by Crippen LogP contribution is -2.34. The number of guanidine groups is 1. The summed E-state index contributed by atoms with van der Waals surface area (Å²) in [7, 11) is 1.96. The molecule has 4 heteroatoms. The molecule has 1 aromatic heterocycles. The van der Waals surface area contributed by atoms with E-state index < -0.39 is 0 Å². The van der Waals surface area contributed by atoms with Crippen LogP contribution >= 0.6 is 0 Å². The van der Waals surface area contributed by atoms with Gasteiger partial charge in [-0.3, -0.25) is 4.98 Å². The highest BCUT2D eigenvalue weighted by Crippen LogP contribution is 2.20. The fraction of sp³-hybridized carbons (Fsp3) is 0.538. The first kappa shape index (κ1) is 11.9. The first-order valence-corrected chi connectivity index (χ1v) is 6.20. The molecule has 0 bridgehead atoms. The second-order valence-electron chi connectivity index (χ2n) is 4.60. The smallest absolute Gasteiger partial charge is 0.191 e. The molecule has 0 aliphatic heterocycles. The third-order valence-electron chi connectivity index (χ3n) is 3.16. The van der Waals surface area contributed by atoms with E-state index in [1.54, 1.807) is 6.20 Å². The summed E-state index contributed by atoms with van der Waals surface area (Å²) in [5, 5.41) is 0. The molecule has 0 saturated heterocycles. The Kier molecular flexibility index (Phi) is 3.96. The maximum atomic E-state index is 5.99. The van der Waals surface area contributed by atoms with E-state index in [-0.39, 0.29) is 0 Å². The summed E-state index contributed by atoms with van der Waals surface area (Å²) in [4.78, 5) is 10.8. The molecule has 0 amide bonds. The van der Waals surface area contributed by atoms with Gasteiger partial charge >= 0.3 is 0 Å². The van der Waals surface area contributed by atoms with E-state index in [1.807, 2.05) is 30.1 Å². The molecule has 0 aromatic carbocycles. The zero-order valence-corrected chi connectivity index (χ0v) is 10.3. The first-order valence-electron chi connectivity index (χ1n) is 6.20. The molecule has 4 nitrogen and oxygen atoms in total. The van der Waals surface area contributed by atoms with Crippen molar-refractivity contribution in [1.29, 1.82) is 0 Å². The van der Waals surface area contributed by atoms with Crippen LogP contribution in [0.25, 0.3) is 0 Å². The Labute approximate surface area is 103 Å². The van der Waals surface area contributed by atoms with Gasteiger partial charge in [0.2, 0.25) is 0 Å². The largest absolute Gasteiger partial charge is 0.370 e. The maximum absolute atomic E-state index is 5.99.